The Bertz CT molecular complexity index is 1040. The molecule has 0 saturated carbocycles. The molecular formula is C23H22BrNO5. The van der Waals surface area contributed by atoms with Gasteiger partial charge in [-0.2, -0.15) is 0 Å². The molecule has 0 unspecified atom stereocenters. The van der Waals surface area contributed by atoms with Crippen LogP contribution in [0.5, 0.6) is 11.5 Å². The normalized spacial score (nSPS) is 15.0. The van der Waals surface area contributed by atoms with Crippen LogP contribution in [0.2, 0.25) is 0 Å². The lowest BCUT2D eigenvalue weighted by Gasteiger charge is -2.18. The van der Waals surface area contributed by atoms with Gasteiger partial charge in [-0.25, -0.2) is 4.79 Å². The molecule has 7 heteroatoms. The Balaban J connectivity index is 2.09. The van der Waals surface area contributed by atoms with Crippen LogP contribution in [0.15, 0.2) is 63.8 Å². The zero-order valence-electron chi connectivity index (χ0n) is 17.2. The lowest BCUT2D eigenvalue weighted by atomic mass is 10.0. The third kappa shape index (κ3) is 4.11. The van der Waals surface area contributed by atoms with Gasteiger partial charge in [-0.15, -0.1) is 0 Å². The van der Waals surface area contributed by atoms with Crippen molar-refractivity contribution in [2.75, 3.05) is 25.7 Å². The van der Waals surface area contributed by atoms with Crippen molar-refractivity contribution in [2.45, 2.75) is 13.8 Å². The van der Waals surface area contributed by atoms with Crippen LogP contribution in [0.4, 0.5) is 5.69 Å². The van der Waals surface area contributed by atoms with Crippen LogP contribution in [0, 0.1) is 0 Å². The summed E-state index contributed by atoms with van der Waals surface area (Å²) in [6.07, 6.45) is 1.66. The zero-order valence-corrected chi connectivity index (χ0v) is 18.8. The van der Waals surface area contributed by atoms with E-state index in [4.69, 9.17) is 14.2 Å². The van der Waals surface area contributed by atoms with Crippen molar-refractivity contribution in [3.63, 3.8) is 0 Å². The fourth-order valence-electron chi connectivity index (χ4n) is 3.30. The number of ether oxygens (including phenoxy) is 3. The van der Waals surface area contributed by atoms with Gasteiger partial charge in [-0.1, -0.05) is 22.0 Å². The van der Waals surface area contributed by atoms with Gasteiger partial charge in [0.25, 0.3) is 5.91 Å². The van der Waals surface area contributed by atoms with Crippen LogP contribution in [0.3, 0.4) is 0 Å². The van der Waals surface area contributed by atoms with Crippen LogP contribution in [0.25, 0.3) is 6.08 Å². The maximum atomic E-state index is 13.3. The van der Waals surface area contributed by atoms with Gasteiger partial charge in [0.15, 0.2) is 11.5 Å². The third-order valence-electron chi connectivity index (χ3n) is 4.67. The maximum Gasteiger partial charge on any atom is 0.340 e. The molecule has 0 aromatic heterocycles. The Morgan fingerprint density at radius 3 is 2.40 bits per heavy atom. The van der Waals surface area contributed by atoms with E-state index in [0.717, 1.165) is 4.47 Å². The number of allylic oxidation sites excluding steroid dienone is 1. The molecule has 0 saturated heterocycles. The van der Waals surface area contributed by atoms with Crippen LogP contribution in [0.1, 0.15) is 19.4 Å². The van der Waals surface area contributed by atoms with Crippen molar-refractivity contribution in [3.05, 3.63) is 69.3 Å². The van der Waals surface area contributed by atoms with Crippen molar-refractivity contribution in [1.82, 2.24) is 0 Å². The zero-order chi connectivity index (χ0) is 21.8. The average Bonchev–Trinajstić information content (AvgIpc) is 2.99. The molecule has 3 rings (SSSR count). The summed E-state index contributed by atoms with van der Waals surface area (Å²) >= 11 is 3.39. The Morgan fingerprint density at radius 1 is 1.10 bits per heavy atom. The first-order valence-corrected chi connectivity index (χ1v) is 10.1. The quantitative estimate of drug-likeness (QED) is 0.449. The average molecular weight is 472 g/mol. The van der Waals surface area contributed by atoms with E-state index < -0.39 is 5.97 Å². The second-order valence-electron chi connectivity index (χ2n) is 6.47. The molecule has 0 N–H and O–H groups in total. The number of halogens is 1. The largest absolute Gasteiger partial charge is 0.493 e. The number of amides is 1. The van der Waals surface area contributed by atoms with E-state index in [1.54, 1.807) is 38.3 Å². The maximum absolute atomic E-state index is 13.3. The number of carbonyl (C=O) groups is 2. The molecule has 1 amide bonds. The summed E-state index contributed by atoms with van der Waals surface area (Å²) < 4.78 is 16.8. The summed E-state index contributed by atoms with van der Waals surface area (Å²) in [5.41, 5.74) is 2.37. The van der Waals surface area contributed by atoms with Gasteiger partial charge >= 0.3 is 5.97 Å². The third-order valence-corrected chi connectivity index (χ3v) is 5.20. The van der Waals surface area contributed by atoms with Crippen molar-refractivity contribution in [3.8, 4) is 11.5 Å². The molecule has 2 aromatic carbocycles. The number of esters is 1. The van der Waals surface area contributed by atoms with Crippen molar-refractivity contribution in [1.29, 1.82) is 0 Å². The molecule has 30 heavy (non-hydrogen) atoms. The van der Waals surface area contributed by atoms with E-state index in [0.29, 0.717) is 35.1 Å². The van der Waals surface area contributed by atoms with Gasteiger partial charge in [-0.05, 0) is 61.9 Å². The molecule has 2 aromatic rings. The predicted molar refractivity (Wildman–Crippen MR) is 118 cm³/mol. The van der Waals surface area contributed by atoms with Crippen molar-refractivity contribution in [2.24, 2.45) is 0 Å². The highest BCUT2D eigenvalue weighted by atomic mass is 79.9. The summed E-state index contributed by atoms with van der Waals surface area (Å²) in [5, 5.41) is 0. The summed E-state index contributed by atoms with van der Waals surface area (Å²) in [6, 6.07) is 12.6. The van der Waals surface area contributed by atoms with E-state index in [9.17, 15) is 9.59 Å². The fraction of sp³-hybridized carbons (Fsp3) is 0.217. The van der Waals surface area contributed by atoms with Gasteiger partial charge < -0.3 is 14.2 Å². The van der Waals surface area contributed by atoms with Gasteiger partial charge in [0.05, 0.1) is 32.0 Å². The Kier molecular flexibility index (Phi) is 6.62. The lowest BCUT2D eigenvalue weighted by Crippen LogP contribution is -2.24. The van der Waals surface area contributed by atoms with Crippen LogP contribution in [-0.4, -0.2) is 32.7 Å². The molecule has 1 aliphatic rings. The van der Waals surface area contributed by atoms with Crippen molar-refractivity contribution < 1.29 is 23.8 Å². The standard InChI is InChI=1S/C23H22BrNO5/c1-5-30-19-11-6-15(13-20(19)28-3)12-18-21(23(27)29-4)14(2)25(22(18)26)17-9-7-16(24)8-10-17/h6-13H,5H2,1-4H3/b18-12-. The minimum Gasteiger partial charge on any atom is -0.493 e. The molecule has 0 atom stereocenters. The molecule has 0 fully saturated rings. The van der Waals surface area contributed by atoms with E-state index in [2.05, 4.69) is 15.9 Å². The second-order valence-corrected chi connectivity index (χ2v) is 7.39. The number of hydrogen-bond donors (Lipinski definition) is 0. The van der Waals surface area contributed by atoms with Crippen LogP contribution in [-0.2, 0) is 14.3 Å². The fourth-order valence-corrected chi connectivity index (χ4v) is 3.56. The molecule has 0 spiro atoms. The van der Waals surface area contributed by atoms with E-state index in [1.807, 2.05) is 31.2 Å². The molecule has 0 radical (unpaired) electrons. The SMILES string of the molecule is CCOc1ccc(/C=C2\C(=O)N(c3ccc(Br)cc3)C(C)=C2C(=O)OC)cc1OC. The molecular weight excluding hydrogens is 450 g/mol. The monoisotopic (exact) mass is 471 g/mol. The summed E-state index contributed by atoms with van der Waals surface area (Å²) in [6.45, 7) is 4.12. The van der Waals surface area contributed by atoms with Gasteiger partial charge in [-0.3, -0.25) is 9.69 Å². The molecule has 156 valence electrons. The van der Waals surface area contributed by atoms with E-state index in [-0.39, 0.29) is 17.1 Å². The van der Waals surface area contributed by atoms with Crippen LogP contribution >= 0.6 is 15.9 Å². The van der Waals surface area contributed by atoms with Crippen molar-refractivity contribution >= 4 is 39.6 Å². The number of carbonyl (C=O) groups excluding carboxylic acids is 2. The molecule has 0 aliphatic carbocycles. The number of nitrogens with zero attached hydrogens (tertiary/aromatic N) is 1. The van der Waals surface area contributed by atoms with Gasteiger partial charge in [0.1, 0.15) is 0 Å². The number of anilines is 1. The van der Waals surface area contributed by atoms with Gasteiger partial charge in [0.2, 0.25) is 0 Å². The minimum absolute atomic E-state index is 0.235. The number of benzene rings is 2. The highest BCUT2D eigenvalue weighted by molar-refractivity contribution is 9.10. The summed E-state index contributed by atoms with van der Waals surface area (Å²) in [4.78, 5) is 27.3. The first-order chi connectivity index (χ1) is 14.4. The number of hydrogen-bond acceptors (Lipinski definition) is 5. The predicted octanol–water partition coefficient (Wildman–Crippen LogP) is 4.73. The second kappa shape index (κ2) is 9.17. The highest BCUT2D eigenvalue weighted by Gasteiger charge is 2.37. The van der Waals surface area contributed by atoms with Crippen LogP contribution < -0.4 is 14.4 Å². The minimum atomic E-state index is -0.565. The smallest absolute Gasteiger partial charge is 0.340 e. The lowest BCUT2D eigenvalue weighted by molar-refractivity contribution is -0.136. The molecule has 1 aliphatic heterocycles. The molecule has 6 nitrogen and oxygen atoms in total. The Labute approximate surface area is 183 Å². The Morgan fingerprint density at radius 2 is 1.80 bits per heavy atom. The number of rotatable bonds is 6. The summed E-state index contributed by atoms with van der Waals surface area (Å²) in [5.74, 6) is 0.283. The Hall–Kier alpha value is -3.06. The van der Waals surface area contributed by atoms with E-state index in [1.165, 1.54) is 12.0 Å². The first-order valence-electron chi connectivity index (χ1n) is 9.33. The highest BCUT2D eigenvalue weighted by Crippen LogP contribution is 2.37. The molecule has 1 heterocycles. The molecule has 0 bridgehead atoms. The van der Waals surface area contributed by atoms with Gasteiger partial charge in [0, 0.05) is 15.9 Å². The van der Waals surface area contributed by atoms with E-state index >= 15 is 0 Å². The summed E-state index contributed by atoms with van der Waals surface area (Å²) in [7, 11) is 2.85. The first kappa shape index (κ1) is 21.6. The number of methoxy groups -OCH3 is 2. The topological polar surface area (TPSA) is 65.1 Å².